The number of amides is 1. The van der Waals surface area contributed by atoms with Crippen LogP contribution in [0, 0.1) is 0 Å². The molecule has 37 heavy (non-hydrogen) atoms. The van der Waals surface area contributed by atoms with E-state index in [9.17, 15) is 4.79 Å². The van der Waals surface area contributed by atoms with Gasteiger partial charge in [0.25, 0.3) is 5.91 Å². The first-order valence-electron chi connectivity index (χ1n) is 13.0. The third-order valence-electron chi connectivity index (χ3n) is 7.10. The van der Waals surface area contributed by atoms with Gasteiger partial charge >= 0.3 is 0 Å². The zero-order chi connectivity index (χ0) is 25.0. The highest BCUT2D eigenvalue weighted by Gasteiger charge is 2.17. The Kier molecular flexibility index (Phi) is 6.79. The van der Waals surface area contributed by atoms with E-state index in [4.69, 9.17) is 4.74 Å². The van der Waals surface area contributed by atoms with Crippen molar-refractivity contribution >= 4 is 28.3 Å². The molecule has 2 fully saturated rings. The summed E-state index contributed by atoms with van der Waals surface area (Å²) >= 11 is 0. The number of aromatic nitrogens is 4. The van der Waals surface area contributed by atoms with Crippen LogP contribution in [0.4, 0.5) is 11.5 Å². The number of pyridine rings is 2. The predicted molar refractivity (Wildman–Crippen MR) is 144 cm³/mol. The quantitative estimate of drug-likeness (QED) is 0.414. The molecule has 0 spiro atoms. The highest BCUT2D eigenvalue weighted by molar-refractivity contribution is 6.11. The van der Waals surface area contributed by atoms with Crippen LogP contribution in [0.1, 0.15) is 35.3 Å². The van der Waals surface area contributed by atoms with Crippen molar-refractivity contribution in [1.29, 1.82) is 0 Å². The number of ether oxygens (including phenoxy) is 1. The van der Waals surface area contributed by atoms with Gasteiger partial charge in [-0.25, -0.2) is 4.98 Å². The minimum absolute atomic E-state index is 0.277. The molecule has 5 heterocycles. The zero-order valence-electron chi connectivity index (χ0n) is 20.8. The fourth-order valence-electron chi connectivity index (χ4n) is 5.10. The van der Waals surface area contributed by atoms with Crippen molar-refractivity contribution in [3.05, 3.63) is 66.2 Å². The fraction of sp³-hybridized carbons (Fsp3) is 0.357. The monoisotopic (exact) mass is 497 g/mol. The van der Waals surface area contributed by atoms with Crippen LogP contribution in [0.25, 0.3) is 22.0 Å². The summed E-state index contributed by atoms with van der Waals surface area (Å²) in [4.78, 5) is 26.8. The second-order valence-corrected chi connectivity index (χ2v) is 9.71. The molecule has 0 unspecified atom stereocenters. The number of aromatic amines is 1. The van der Waals surface area contributed by atoms with Crippen LogP contribution < -0.4 is 10.2 Å². The minimum Gasteiger partial charge on any atom is -0.378 e. The van der Waals surface area contributed by atoms with Crippen LogP contribution >= 0.6 is 0 Å². The summed E-state index contributed by atoms with van der Waals surface area (Å²) in [5.41, 5.74) is 5.04. The molecule has 2 aliphatic heterocycles. The van der Waals surface area contributed by atoms with Gasteiger partial charge in [0.05, 0.1) is 30.6 Å². The van der Waals surface area contributed by atoms with Gasteiger partial charge in [-0.05, 0) is 67.4 Å². The standard InChI is InChI=1S/C28H31N7O2/c36-28(31-23-5-7-26(30-18-23)35-10-12-37-13-11-35)27-24-15-21(4-6-25(24)32-33-27)22-14-20(16-29-17-22)19-34-8-2-1-3-9-34/h4-7,14-18H,1-3,8-13,19H2,(H,31,36)(H,32,33). The predicted octanol–water partition coefficient (Wildman–Crippen LogP) is 4.09. The number of benzene rings is 1. The van der Waals surface area contributed by atoms with E-state index in [0.29, 0.717) is 24.6 Å². The second kappa shape index (κ2) is 10.7. The molecule has 2 aliphatic rings. The maximum Gasteiger partial charge on any atom is 0.276 e. The molecule has 0 atom stereocenters. The number of piperidine rings is 1. The number of H-pyrrole nitrogens is 1. The van der Waals surface area contributed by atoms with E-state index in [1.165, 1.54) is 24.8 Å². The number of morpholine rings is 1. The molecular formula is C28H31N7O2. The molecule has 6 rings (SSSR count). The summed E-state index contributed by atoms with van der Waals surface area (Å²) in [5, 5.41) is 11.0. The molecule has 0 radical (unpaired) electrons. The van der Waals surface area contributed by atoms with Crippen molar-refractivity contribution in [2.45, 2.75) is 25.8 Å². The van der Waals surface area contributed by atoms with E-state index in [-0.39, 0.29) is 5.91 Å². The van der Waals surface area contributed by atoms with Gasteiger partial charge in [0.15, 0.2) is 5.69 Å². The Hall–Kier alpha value is -3.82. The van der Waals surface area contributed by atoms with Crippen molar-refractivity contribution < 1.29 is 9.53 Å². The Morgan fingerprint density at radius 1 is 0.946 bits per heavy atom. The van der Waals surface area contributed by atoms with E-state index in [2.05, 4.69) is 41.3 Å². The Labute approximate surface area is 215 Å². The minimum atomic E-state index is -0.277. The van der Waals surface area contributed by atoms with Crippen LogP contribution in [-0.2, 0) is 11.3 Å². The molecule has 0 aliphatic carbocycles. The van der Waals surface area contributed by atoms with Gasteiger partial charge in [-0.1, -0.05) is 12.5 Å². The molecular weight excluding hydrogens is 466 g/mol. The van der Waals surface area contributed by atoms with Crippen molar-refractivity contribution in [3.8, 4) is 11.1 Å². The molecule has 190 valence electrons. The third kappa shape index (κ3) is 5.33. The smallest absolute Gasteiger partial charge is 0.276 e. The van der Waals surface area contributed by atoms with E-state index < -0.39 is 0 Å². The van der Waals surface area contributed by atoms with Crippen molar-refractivity contribution in [3.63, 3.8) is 0 Å². The normalized spacial score (nSPS) is 16.7. The van der Waals surface area contributed by atoms with Crippen LogP contribution in [-0.4, -0.2) is 70.4 Å². The first-order chi connectivity index (χ1) is 18.2. The van der Waals surface area contributed by atoms with Gasteiger partial charge in [-0.2, -0.15) is 5.10 Å². The molecule has 9 heteroatoms. The van der Waals surface area contributed by atoms with Crippen LogP contribution in [0.3, 0.4) is 0 Å². The van der Waals surface area contributed by atoms with Crippen LogP contribution in [0.2, 0.25) is 0 Å². The molecule has 9 nitrogen and oxygen atoms in total. The van der Waals surface area contributed by atoms with Gasteiger partial charge < -0.3 is 15.0 Å². The van der Waals surface area contributed by atoms with Crippen molar-refractivity contribution in [1.82, 2.24) is 25.1 Å². The molecule has 0 bridgehead atoms. The lowest BCUT2D eigenvalue weighted by Gasteiger charge is -2.27. The van der Waals surface area contributed by atoms with Gasteiger partial charge in [-0.15, -0.1) is 0 Å². The molecule has 2 N–H and O–H groups in total. The van der Waals surface area contributed by atoms with Gasteiger partial charge in [0.2, 0.25) is 0 Å². The number of nitrogens with zero attached hydrogens (tertiary/aromatic N) is 5. The summed E-state index contributed by atoms with van der Waals surface area (Å²) in [6, 6.07) is 12.0. The topological polar surface area (TPSA) is 99.3 Å². The van der Waals surface area contributed by atoms with E-state index in [1.54, 1.807) is 6.20 Å². The maximum atomic E-state index is 13.1. The Balaban J connectivity index is 1.19. The Morgan fingerprint density at radius 2 is 1.81 bits per heavy atom. The van der Waals surface area contributed by atoms with Gasteiger partial charge in [0.1, 0.15) is 5.82 Å². The number of carbonyl (C=O) groups excluding carboxylic acids is 1. The number of carbonyl (C=O) groups is 1. The average molecular weight is 498 g/mol. The SMILES string of the molecule is O=C(Nc1ccc(N2CCOCC2)nc1)c1n[nH]c2ccc(-c3cncc(CN4CCCCC4)c3)cc12. The largest absolute Gasteiger partial charge is 0.378 e. The third-order valence-corrected chi connectivity index (χ3v) is 7.10. The average Bonchev–Trinajstić information content (AvgIpc) is 3.38. The lowest BCUT2D eigenvalue weighted by molar-refractivity contribution is 0.102. The van der Waals surface area contributed by atoms with E-state index >= 15 is 0 Å². The number of hydrogen-bond donors (Lipinski definition) is 2. The maximum absolute atomic E-state index is 13.1. The molecule has 3 aromatic heterocycles. The summed E-state index contributed by atoms with van der Waals surface area (Å²) in [6.45, 7) is 6.25. The highest BCUT2D eigenvalue weighted by atomic mass is 16.5. The molecule has 0 saturated carbocycles. The summed E-state index contributed by atoms with van der Waals surface area (Å²) in [6.07, 6.45) is 9.37. The number of rotatable bonds is 6. The van der Waals surface area contributed by atoms with Crippen molar-refractivity contribution in [2.24, 2.45) is 0 Å². The molecule has 1 aromatic carbocycles. The summed E-state index contributed by atoms with van der Waals surface area (Å²) in [7, 11) is 0. The number of anilines is 2. The van der Waals surface area contributed by atoms with Crippen LogP contribution in [0.5, 0.6) is 0 Å². The molecule has 2 saturated heterocycles. The highest BCUT2D eigenvalue weighted by Crippen LogP contribution is 2.27. The van der Waals surface area contributed by atoms with E-state index in [1.807, 2.05) is 42.7 Å². The molecule has 4 aromatic rings. The van der Waals surface area contributed by atoms with Crippen molar-refractivity contribution in [2.75, 3.05) is 49.6 Å². The lowest BCUT2D eigenvalue weighted by atomic mass is 10.0. The number of likely N-dealkylation sites (tertiary alicyclic amines) is 1. The number of nitrogens with one attached hydrogen (secondary N) is 2. The second-order valence-electron chi connectivity index (χ2n) is 9.71. The number of hydrogen-bond acceptors (Lipinski definition) is 7. The number of fused-ring (bicyclic) bond motifs is 1. The van der Waals surface area contributed by atoms with Gasteiger partial charge in [-0.3, -0.25) is 19.8 Å². The first-order valence-corrected chi connectivity index (χ1v) is 13.0. The summed E-state index contributed by atoms with van der Waals surface area (Å²) in [5.74, 6) is 0.605. The Bertz CT molecular complexity index is 1370. The fourth-order valence-corrected chi connectivity index (χ4v) is 5.10. The van der Waals surface area contributed by atoms with Gasteiger partial charge in [0, 0.05) is 43.0 Å². The zero-order valence-corrected chi connectivity index (χ0v) is 20.8. The summed E-state index contributed by atoms with van der Waals surface area (Å²) < 4.78 is 5.41. The lowest BCUT2D eigenvalue weighted by Crippen LogP contribution is -2.36. The molecule has 1 amide bonds. The Morgan fingerprint density at radius 3 is 2.62 bits per heavy atom. The van der Waals surface area contributed by atoms with Crippen LogP contribution in [0.15, 0.2) is 55.0 Å². The van der Waals surface area contributed by atoms with E-state index in [0.717, 1.165) is 60.6 Å². The first kappa shape index (κ1) is 23.6.